The predicted molar refractivity (Wildman–Crippen MR) is 61.6 cm³/mol. The fourth-order valence-electron chi connectivity index (χ4n) is 3.14. The molecule has 0 aromatic heterocycles. The Morgan fingerprint density at radius 1 is 1.31 bits per heavy atom. The van der Waals surface area contributed by atoms with Gasteiger partial charge in [-0.05, 0) is 37.4 Å². The van der Waals surface area contributed by atoms with Crippen LogP contribution in [0.5, 0.6) is 0 Å². The highest BCUT2D eigenvalue weighted by Crippen LogP contribution is 2.37. The molecule has 0 saturated carbocycles. The Hall–Kier alpha value is -0.930. The standard InChI is InChI=1S/C13H17FN2/c14-10-4-1-3-9-6-8-16-7-2-5-11(15)13(16)12(9)10/h1,3-4,11,13H,2,5-8,15H2. The number of hydrogen-bond donors (Lipinski definition) is 1. The van der Waals surface area contributed by atoms with Crippen LogP contribution in [0.4, 0.5) is 4.39 Å². The Bertz CT molecular complexity index is 405. The molecule has 16 heavy (non-hydrogen) atoms. The first-order valence-corrected chi connectivity index (χ1v) is 6.04. The number of nitrogens with zero attached hydrogens (tertiary/aromatic N) is 1. The SMILES string of the molecule is NC1CCCN2CCc3cccc(F)c3C12. The van der Waals surface area contributed by atoms with Crippen molar-refractivity contribution in [2.45, 2.75) is 31.3 Å². The fraction of sp³-hybridized carbons (Fsp3) is 0.538. The van der Waals surface area contributed by atoms with E-state index in [1.165, 1.54) is 0 Å². The molecule has 0 radical (unpaired) electrons. The smallest absolute Gasteiger partial charge is 0.128 e. The number of piperidine rings is 1. The van der Waals surface area contributed by atoms with Gasteiger partial charge in [0, 0.05) is 18.2 Å². The average Bonchev–Trinajstić information content (AvgIpc) is 2.29. The second kappa shape index (κ2) is 3.82. The molecule has 2 unspecified atom stereocenters. The van der Waals surface area contributed by atoms with Crippen LogP contribution in [0.2, 0.25) is 0 Å². The van der Waals surface area contributed by atoms with Gasteiger partial charge in [0.1, 0.15) is 5.82 Å². The van der Waals surface area contributed by atoms with E-state index in [2.05, 4.69) is 4.90 Å². The molecule has 2 aliphatic heterocycles. The van der Waals surface area contributed by atoms with E-state index in [9.17, 15) is 4.39 Å². The van der Waals surface area contributed by atoms with E-state index in [1.54, 1.807) is 12.1 Å². The number of nitrogens with two attached hydrogens (primary N) is 1. The summed E-state index contributed by atoms with van der Waals surface area (Å²) in [5.74, 6) is -0.0791. The van der Waals surface area contributed by atoms with Gasteiger partial charge in [-0.25, -0.2) is 4.39 Å². The van der Waals surface area contributed by atoms with Crippen LogP contribution in [-0.4, -0.2) is 24.0 Å². The fourth-order valence-corrected chi connectivity index (χ4v) is 3.14. The third-order valence-electron chi connectivity index (χ3n) is 3.89. The molecule has 0 amide bonds. The second-order valence-corrected chi connectivity index (χ2v) is 4.85. The first kappa shape index (κ1) is 10.2. The minimum atomic E-state index is -0.0791. The summed E-state index contributed by atoms with van der Waals surface area (Å²) in [7, 11) is 0. The highest BCUT2D eigenvalue weighted by molar-refractivity contribution is 5.35. The molecular weight excluding hydrogens is 203 g/mol. The van der Waals surface area contributed by atoms with Crippen LogP contribution >= 0.6 is 0 Å². The zero-order valence-corrected chi connectivity index (χ0v) is 9.32. The monoisotopic (exact) mass is 220 g/mol. The van der Waals surface area contributed by atoms with E-state index >= 15 is 0 Å². The van der Waals surface area contributed by atoms with Crippen LogP contribution in [0.1, 0.15) is 30.0 Å². The van der Waals surface area contributed by atoms with Crippen molar-refractivity contribution in [3.63, 3.8) is 0 Å². The van der Waals surface area contributed by atoms with Crippen molar-refractivity contribution in [3.05, 3.63) is 35.1 Å². The van der Waals surface area contributed by atoms with Gasteiger partial charge in [0.05, 0.1) is 6.04 Å². The Balaban J connectivity index is 2.08. The molecule has 3 rings (SSSR count). The normalized spacial score (nSPS) is 29.6. The van der Waals surface area contributed by atoms with Crippen LogP contribution in [0.15, 0.2) is 18.2 Å². The van der Waals surface area contributed by atoms with Gasteiger partial charge in [0.2, 0.25) is 0 Å². The minimum absolute atomic E-state index is 0.0791. The molecular formula is C13H17FN2. The molecule has 2 nitrogen and oxygen atoms in total. The maximum absolute atomic E-state index is 13.9. The van der Waals surface area contributed by atoms with E-state index in [1.807, 2.05) is 6.07 Å². The number of fused-ring (bicyclic) bond motifs is 3. The molecule has 1 fully saturated rings. The Kier molecular flexibility index (Phi) is 2.45. The number of halogens is 1. The minimum Gasteiger partial charge on any atom is -0.326 e. The van der Waals surface area contributed by atoms with Crippen LogP contribution in [0, 0.1) is 5.82 Å². The third-order valence-corrected chi connectivity index (χ3v) is 3.89. The summed E-state index contributed by atoms with van der Waals surface area (Å²) in [5.41, 5.74) is 8.18. The van der Waals surface area contributed by atoms with Crippen molar-refractivity contribution in [3.8, 4) is 0 Å². The molecule has 2 atom stereocenters. The van der Waals surface area contributed by atoms with Gasteiger partial charge >= 0.3 is 0 Å². The summed E-state index contributed by atoms with van der Waals surface area (Å²) in [6, 6.07) is 5.60. The lowest BCUT2D eigenvalue weighted by Crippen LogP contribution is -2.49. The molecule has 0 bridgehead atoms. The lowest BCUT2D eigenvalue weighted by Gasteiger charge is -2.44. The number of benzene rings is 1. The first-order valence-electron chi connectivity index (χ1n) is 6.04. The highest BCUT2D eigenvalue weighted by atomic mass is 19.1. The van der Waals surface area contributed by atoms with E-state index < -0.39 is 0 Å². The van der Waals surface area contributed by atoms with Gasteiger partial charge in [-0.15, -0.1) is 0 Å². The largest absolute Gasteiger partial charge is 0.326 e. The van der Waals surface area contributed by atoms with Crippen molar-refractivity contribution in [2.75, 3.05) is 13.1 Å². The highest BCUT2D eigenvalue weighted by Gasteiger charge is 2.36. The summed E-state index contributed by atoms with van der Waals surface area (Å²) in [6.45, 7) is 2.08. The van der Waals surface area contributed by atoms with Gasteiger partial charge < -0.3 is 5.73 Å². The van der Waals surface area contributed by atoms with Crippen LogP contribution in [0.3, 0.4) is 0 Å². The second-order valence-electron chi connectivity index (χ2n) is 4.85. The number of hydrogen-bond acceptors (Lipinski definition) is 2. The van der Waals surface area contributed by atoms with Gasteiger partial charge in [0.15, 0.2) is 0 Å². The molecule has 0 spiro atoms. The molecule has 3 heteroatoms. The van der Waals surface area contributed by atoms with E-state index in [-0.39, 0.29) is 17.9 Å². The van der Waals surface area contributed by atoms with Crippen LogP contribution in [0.25, 0.3) is 0 Å². The van der Waals surface area contributed by atoms with Crippen molar-refractivity contribution in [2.24, 2.45) is 5.73 Å². The van der Waals surface area contributed by atoms with Gasteiger partial charge in [0.25, 0.3) is 0 Å². The summed E-state index contributed by atoms with van der Waals surface area (Å²) < 4.78 is 13.9. The predicted octanol–water partition coefficient (Wildman–Crippen LogP) is 1.85. The zero-order valence-electron chi connectivity index (χ0n) is 9.32. The summed E-state index contributed by atoms with van der Waals surface area (Å²) >= 11 is 0. The van der Waals surface area contributed by atoms with Crippen molar-refractivity contribution in [1.29, 1.82) is 0 Å². The lowest BCUT2D eigenvalue weighted by molar-refractivity contribution is 0.115. The zero-order chi connectivity index (χ0) is 11.1. The van der Waals surface area contributed by atoms with E-state index in [4.69, 9.17) is 5.73 Å². The molecule has 2 N–H and O–H groups in total. The topological polar surface area (TPSA) is 29.3 Å². The maximum atomic E-state index is 13.9. The molecule has 2 heterocycles. The molecule has 2 aliphatic rings. The Labute approximate surface area is 95.2 Å². The van der Waals surface area contributed by atoms with Crippen LogP contribution in [-0.2, 0) is 6.42 Å². The lowest BCUT2D eigenvalue weighted by atomic mass is 9.84. The molecule has 0 aliphatic carbocycles. The Morgan fingerprint density at radius 2 is 2.19 bits per heavy atom. The van der Waals surface area contributed by atoms with Gasteiger partial charge in [-0.3, -0.25) is 4.90 Å². The van der Waals surface area contributed by atoms with E-state index in [0.717, 1.165) is 43.5 Å². The molecule has 86 valence electrons. The summed E-state index contributed by atoms with van der Waals surface area (Å²) in [4.78, 5) is 2.35. The maximum Gasteiger partial charge on any atom is 0.128 e. The Morgan fingerprint density at radius 3 is 3.06 bits per heavy atom. The van der Waals surface area contributed by atoms with Crippen molar-refractivity contribution in [1.82, 2.24) is 4.90 Å². The third kappa shape index (κ3) is 1.46. The quantitative estimate of drug-likeness (QED) is 0.723. The number of rotatable bonds is 0. The van der Waals surface area contributed by atoms with Crippen molar-refractivity contribution < 1.29 is 4.39 Å². The average molecular weight is 220 g/mol. The summed E-state index contributed by atoms with van der Waals surface area (Å²) in [6.07, 6.45) is 3.10. The van der Waals surface area contributed by atoms with Gasteiger partial charge in [-0.2, -0.15) is 0 Å². The molecule has 1 aromatic carbocycles. The van der Waals surface area contributed by atoms with E-state index in [0.29, 0.717) is 0 Å². The molecule has 1 saturated heterocycles. The van der Waals surface area contributed by atoms with Crippen molar-refractivity contribution >= 4 is 0 Å². The van der Waals surface area contributed by atoms with Crippen LogP contribution < -0.4 is 5.73 Å². The first-order chi connectivity index (χ1) is 7.77. The summed E-state index contributed by atoms with van der Waals surface area (Å²) in [5, 5.41) is 0. The van der Waals surface area contributed by atoms with Gasteiger partial charge in [-0.1, -0.05) is 12.1 Å². The molecule has 1 aromatic rings.